The molecule has 0 aliphatic heterocycles. The number of aldehydes is 1. The molecule has 0 bridgehead atoms. The van der Waals surface area contributed by atoms with E-state index in [-0.39, 0.29) is 0 Å². The van der Waals surface area contributed by atoms with Gasteiger partial charge in [0, 0.05) is 18.0 Å². The van der Waals surface area contributed by atoms with Crippen molar-refractivity contribution in [3.8, 4) is 6.07 Å². The van der Waals surface area contributed by atoms with Crippen molar-refractivity contribution < 1.29 is 4.79 Å². The molecule has 0 saturated carbocycles. The Bertz CT molecular complexity index is 542. The Morgan fingerprint density at radius 2 is 1.67 bits per heavy atom. The van der Waals surface area contributed by atoms with Crippen LogP contribution in [0.2, 0.25) is 0 Å². The van der Waals surface area contributed by atoms with Crippen LogP contribution in [0.4, 0.5) is 11.6 Å². The Hall–Kier alpha value is -2.94. The third-order valence-corrected chi connectivity index (χ3v) is 1.86. The molecule has 4 N–H and O–H groups in total. The number of nitriles is 1. The van der Waals surface area contributed by atoms with E-state index >= 15 is 0 Å². The van der Waals surface area contributed by atoms with E-state index < -0.39 is 0 Å². The average Bonchev–Trinajstić information content (AvgIpc) is 2.41. The minimum atomic E-state index is 0.431. The minimum absolute atomic E-state index is 0.431. The lowest BCUT2D eigenvalue weighted by Gasteiger charge is -1.88. The number of pyridine rings is 2. The molecule has 0 fully saturated rings. The molecule has 0 aliphatic rings. The predicted molar refractivity (Wildman–Crippen MR) is 67.4 cm³/mol. The molecule has 0 amide bonds. The fraction of sp³-hybridized carbons (Fsp3) is 0. The van der Waals surface area contributed by atoms with Gasteiger partial charge in [0.15, 0.2) is 6.29 Å². The fourth-order valence-corrected chi connectivity index (χ4v) is 0.958. The number of hydrogen-bond donors (Lipinski definition) is 2. The van der Waals surface area contributed by atoms with E-state index in [1.165, 1.54) is 12.4 Å². The summed E-state index contributed by atoms with van der Waals surface area (Å²) in [6.45, 7) is 0. The zero-order valence-corrected chi connectivity index (χ0v) is 9.45. The molecular formula is C12H11N5O. The number of nitrogens with zero attached hydrogens (tertiary/aromatic N) is 3. The van der Waals surface area contributed by atoms with Crippen LogP contribution in [0.25, 0.3) is 0 Å². The molecule has 0 saturated heterocycles. The van der Waals surface area contributed by atoms with E-state index in [0.717, 1.165) is 6.29 Å². The summed E-state index contributed by atoms with van der Waals surface area (Å²) in [5.74, 6) is 0.870. The third kappa shape index (κ3) is 4.28. The number of nitrogen functional groups attached to an aromatic ring is 2. The van der Waals surface area contributed by atoms with Gasteiger partial charge in [-0.1, -0.05) is 0 Å². The van der Waals surface area contributed by atoms with Crippen LogP contribution in [0.15, 0.2) is 36.7 Å². The third-order valence-electron chi connectivity index (χ3n) is 1.86. The molecular weight excluding hydrogens is 230 g/mol. The maximum atomic E-state index is 10.0. The lowest BCUT2D eigenvalue weighted by molar-refractivity contribution is 0.112. The molecule has 0 radical (unpaired) electrons. The van der Waals surface area contributed by atoms with Gasteiger partial charge in [0.1, 0.15) is 17.7 Å². The first-order chi connectivity index (χ1) is 8.65. The molecule has 0 unspecified atom stereocenters. The summed E-state index contributed by atoms with van der Waals surface area (Å²) >= 11 is 0. The number of anilines is 2. The van der Waals surface area contributed by atoms with E-state index in [2.05, 4.69) is 9.97 Å². The molecule has 0 aromatic carbocycles. The Morgan fingerprint density at radius 3 is 2.06 bits per heavy atom. The van der Waals surface area contributed by atoms with Crippen LogP contribution < -0.4 is 11.5 Å². The smallest absolute Gasteiger partial charge is 0.151 e. The van der Waals surface area contributed by atoms with Crippen molar-refractivity contribution in [3.63, 3.8) is 0 Å². The van der Waals surface area contributed by atoms with Crippen LogP contribution in [0.3, 0.4) is 0 Å². The van der Waals surface area contributed by atoms with Crippen LogP contribution >= 0.6 is 0 Å². The Labute approximate surface area is 104 Å². The van der Waals surface area contributed by atoms with Crippen LogP contribution in [-0.4, -0.2) is 16.3 Å². The SMILES string of the molecule is N#Cc1ccc(N)nc1.Nc1ccc(C=O)cn1. The Morgan fingerprint density at radius 1 is 1.06 bits per heavy atom. The summed E-state index contributed by atoms with van der Waals surface area (Å²) in [5.41, 5.74) is 11.6. The van der Waals surface area contributed by atoms with E-state index in [1.54, 1.807) is 24.3 Å². The topological polar surface area (TPSA) is 119 Å². The van der Waals surface area contributed by atoms with Crippen LogP contribution in [0.1, 0.15) is 15.9 Å². The summed E-state index contributed by atoms with van der Waals surface area (Å²) in [4.78, 5) is 17.4. The second kappa shape index (κ2) is 6.60. The molecule has 18 heavy (non-hydrogen) atoms. The quantitative estimate of drug-likeness (QED) is 0.719. The van der Waals surface area contributed by atoms with Crippen molar-refractivity contribution in [3.05, 3.63) is 47.8 Å². The van der Waals surface area contributed by atoms with Gasteiger partial charge in [0.2, 0.25) is 0 Å². The largest absolute Gasteiger partial charge is 0.384 e. The number of aromatic nitrogens is 2. The zero-order valence-electron chi connectivity index (χ0n) is 9.45. The first-order valence-corrected chi connectivity index (χ1v) is 4.94. The molecule has 2 heterocycles. The first kappa shape index (κ1) is 13.1. The summed E-state index contributed by atoms with van der Waals surface area (Å²) < 4.78 is 0. The highest BCUT2D eigenvalue weighted by atomic mass is 16.1. The minimum Gasteiger partial charge on any atom is -0.384 e. The van der Waals surface area contributed by atoms with Gasteiger partial charge in [0.25, 0.3) is 0 Å². The lowest BCUT2D eigenvalue weighted by Crippen LogP contribution is -1.89. The van der Waals surface area contributed by atoms with E-state index in [0.29, 0.717) is 22.8 Å². The molecule has 2 rings (SSSR count). The van der Waals surface area contributed by atoms with E-state index in [4.69, 9.17) is 16.7 Å². The summed E-state index contributed by atoms with van der Waals surface area (Å²) in [6.07, 6.45) is 3.60. The normalized spacial score (nSPS) is 8.61. The maximum absolute atomic E-state index is 10.0. The van der Waals surface area contributed by atoms with E-state index in [1.807, 2.05) is 6.07 Å². The second-order valence-corrected chi connectivity index (χ2v) is 3.22. The molecule has 2 aromatic heterocycles. The van der Waals surface area contributed by atoms with Crippen LogP contribution in [-0.2, 0) is 0 Å². The Balaban J connectivity index is 0.000000180. The molecule has 2 aromatic rings. The summed E-state index contributed by atoms with van der Waals surface area (Å²) in [5, 5.41) is 8.30. The molecule has 90 valence electrons. The summed E-state index contributed by atoms with van der Waals surface area (Å²) in [6, 6.07) is 8.37. The highest BCUT2D eigenvalue weighted by molar-refractivity contribution is 5.74. The molecule has 0 aliphatic carbocycles. The summed E-state index contributed by atoms with van der Waals surface area (Å²) in [7, 11) is 0. The van der Waals surface area contributed by atoms with Crippen molar-refractivity contribution in [2.45, 2.75) is 0 Å². The predicted octanol–water partition coefficient (Wildman–Crippen LogP) is 1.01. The number of carbonyl (C=O) groups is 1. The maximum Gasteiger partial charge on any atom is 0.151 e. The highest BCUT2D eigenvalue weighted by Gasteiger charge is 1.87. The number of carbonyl (C=O) groups excluding carboxylic acids is 1. The van der Waals surface area contributed by atoms with Crippen molar-refractivity contribution in [2.24, 2.45) is 0 Å². The van der Waals surface area contributed by atoms with Gasteiger partial charge in [-0.2, -0.15) is 5.26 Å². The van der Waals surface area contributed by atoms with Gasteiger partial charge in [-0.05, 0) is 24.3 Å². The van der Waals surface area contributed by atoms with E-state index in [9.17, 15) is 4.79 Å². The van der Waals surface area contributed by atoms with Crippen molar-refractivity contribution >= 4 is 17.9 Å². The van der Waals surface area contributed by atoms with Gasteiger partial charge in [0.05, 0.1) is 5.56 Å². The number of hydrogen-bond acceptors (Lipinski definition) is 6. The zero-order chi connectivity index (χ0) is 13.4. The van der Waals surface area contributed by atoms with Crippen LogP contribution in [0, 0.1) is 11.3 Å². The van der Waals surface area contributed by atoms with Gasteiger partial charge in [-0.15, -0.1) is 0 Å². The number of rotatable bonds is 1. The molecule has 6 heteroatoms. The monoisotopic (exact) mass is 241 g/mol. The Kier molecular flexibility index (Phi) is 4.81. The van der Waals surface area contributed by atoms with Crippen molar-refractivity contribution in [2.75, 3.05) is 11.5 Å². The highest BCUT2D eigenvalue weighted by Crippen LogP contribution is 1.98. The molecule has 0 atom stereocenters. The second-order valence-electron chi connectivity index (χ2n) is 3.22. The lowest BCUT2D eigenvalue weighted by atomic mass is 10.3. The van der Waals surface area contributed by atoms with Gasteiger partial charge in [-0.3, -0.25) is 4.79 Å². The number of nitrogens with two attached hydrogens (primary N) is 2. The van der Waals surface area contributed by atoms with Crippen molar-refractivity contribution in [1.29, 1.82) is 5.26 Å². The standard InChI is InChI=1S/C6H5N3.C6H6N2O/c7-3-5-1-2-6(8)9-4-5;7-6-2-1-5(4-9)3-8-6/h1-2,4H,(H2,8,9);1-4H,(H2,7,8). The molecule has 0 spiro atoms. The van der Waals surface area contributed by atoms with Crippen molar-refractivity contribution in [1.82, 2.24) is 9.97 Å². The van der Waals surface area contributed by atoms with Crippen LogP contribution in [0.5, 0.6) is 0 Å². The average molecular weight is 241 g/mol. The molecule has 6 nitrogen and oxygen atoms in total. The fourth-order valence-electron chi connectivity index (χ4n) is 0.958. The van der Waals surface area contributed by atoms with Gasteiger partial charge in [-0.25, -0.2) is 9.97 Å². The first-order valence-electron chi connectivity index (χ1n) is 4.94. The van der Waals surface area contributed by atoms with Gasteiger partial charge >= 0.3 is 0 Å². The van der Waals surface area contributed by atoms with Gasteiger partial charge < -0.3 is 11.5 Å².